The van der Waals surface area contributed by atoms with Gasteiger partial charge in [-0.05, 0) is 18.4 Å². The molecule has 15 heavy (non-hydrogen) atoms. The normalized spacial score (nSPS) is 20.0. The molecule has 1 aromatic carbocycles. The zero-order valence-electron chi connectivity index (χ0n) is 8.31. The summed E-state index contributed by atoms with van der Waals surface area (Å²) in [5.74, 6) is -0.110. The minimum atomic E-state index is -0.102. The van der Waals surface area contributed by atoms with Gasteiger partial charge in [0.15, 0.2) is 0 Å². The number of aldehydes is 1. The highest BCUT2D eigenvalue weighted by atomic mass is 16.5. The summed E-state index contributed by atoms with van der Waals surface area (Å²) in [5, 5.41) is 0. The molecule has 0 aromatic heterocycles. The summed E-state index contributed by atoms with van der Waals surface area (Å²) in [6.45, 7) is 0.538. The van der Waals surface area contributed by atoms with E-state index in [0.717, 1.165) is 18.3 Å². The number of hydrogen-bond donors (Lipinski definition) is 0. The van der Waals surface area contributed by atoms with Crippen LogP contribution in [0.4, 0.5) is 0 Å². The van der Waals surface area contributed by atoms with Crippen molar-refractivity contribution in [3.8, 4) is 0 Å². The van der Waals surface area contributed by atoms with Gasteiger partial charge in [0.05, 0.1) is 12.5 Å². The van der Waals surface area contributed by atoms with Crippen molar-refractivity contribution in [2.24, 2.45) is 5.92 Å². The standard InChI is InChI=1S/C12H12O3/c13-8-10-3-1-9(2-4-10)7-11-5-6-15-12(11)14/h1-4,8,11H,5-7H2. The van der Waals surface area contributed by atoms with Gasteiger partial charge in [0.25, 0.3) is 0 Å². The van der Waals surface area contributed by atoms with Crippen molar-refractivity contribution in [2.75, 3.05) is 6.61 Å². The monoisotopic (exact) mass is 204 g/mol. The van der Waals surface area contributed by atoms with E-state index in [1.165, 1.54) is 0 Å². The van der Waals surface area contributed by atoms with Gasteiger partial charge in [0, 0.05) is 5.56 Å². The molecular weight excluding hydrogens is 192 g/mol. The van der Waals surface area contributed by atoms with Gasteiger partial charge in [0.2, 0.25) is 0 Å². The number of hydrogen-bond acceptors (Lipinski definition) is 3. The maximum Gasteiger partial charge on any atom is 0.309 e. The number of esters is 1. The van der Waals surface area contributed by atoms with Crippen molar-refractivity contribution in [1.29, 1.82) is 0 Å². The van der Waals surface area contributed by atoms with Crippen LogP contribution in [0.15, 0.2) is 24.3 Å². The molecule has 0 radical (unpaired) electrons. The van der Waals surface area contributed by atoms with E-state index >= 15 is 0 Å². The number of carbonyl (C=O) groups excluding carboxylic acids is 2. The minimum absolute atomic E-state index is 0.00733. The van der Waals surface area contributed by atoms with Crippen LogP contribution in [0.3, 0.4) is 0 Å². The molecule has 0 N–H and O–H groups in total. The summed E-state index contributed by atoms with van der Waals surface area (Å²) in [6.07, 6.45) is 2.32. The van der Waals surface area contributed by atoms with Gasteiger partial charge < -0.3 is 4.74 Å². The molecule has 1 aromatic rings. The van der Waals surface area contributed by atoms with E-state index in [2.05, 4.69) is 0 Å². The van der Waals surface area contributed by atoms with E-state index in [0.29, 0.717) is 18.6 Å². The zero-order valence-corrected chi connectivity index (χ0v) is 8.31. The molecule has 0 amide bonds. The van der Waals surface area contributed by atoms with E-state index in [1.54, 1.807) is 12.1 Å². The maximum absolute atomic E-state index is 11.2. The Morgan fingerprint density at radius 3 is 2.60 bits per heavy atom. The van der Waals surface area contributed by atoms with E-state index in [4.69, 9.17) is 4.74 Å². The average Bonchev–Trinajstić information content (AvgIpc) is 2.66. The van der Waals surface area contributed by atoms with Crippen molar-refractivity contribution < 1.29 is 14.3 Å². The fraction of sp³-hybridized carbons (Fsp3) is 0.333. The smallest absolute Gasteiger partial charge is 0.309 e. The predicted molar refractivity (Wildman–Crippen MR) is 54.6 cm³/mol. The second kappa shape index (κ2) is 4.26. The summed E-state index contributed by atoms with van der Waals surface area (Å²) < 4.78 is 4.89. The third-order valence-corrected chi connectivity index (χ3v) is 2.64. The van der Waals surface area contributed by atoms with Gasteiger partial charge in [-0.1, -0.05) is 24.3 Å². The summed E-state index contributed by atoms with van der Waals surface area (Å²) >= 11 is 0. The molecule has 0 spiro atoms. The third kappa shape index (κ3) is 2.24. The third-order valence-electron chi connectivity index (χ3n) is 2.64. The highest BCUT2D eigenvalue weighted by molar-refractivity contribution is 5.75. The Kier molecular flexibility index (Phi) is 2.81. The van der Waals surface area contributed by atoms with Gasteiger partial charge in [-0.3, -0.25) is 9.59 Å². The molecule has 0 aliphatic carbocycles. The Balaban J connectivity index is 2.04. The molecule has 1 aliphatic rings. The molecule has 2 rings (SSSR count). The van der Waals surface area contributed by atoms with Crippen molar-refractivity contribution in [2.45, 2.75) is 12.8 Å². The Bertz CT molecular complexity index is 367. The molecule has 1 aliphatic heterocycles. The number of rotatable bonds is 3. The summed E-state index contributed by atoms with van der Waals surface area (Å²) in [4.78, 5) is 21.7. The zero-order chi connectivity index (χ0) is 10.7. The molecule has 1 saturated heterocycles. The Morgan fingerprint density at radius 2 is 2.07 bits per heavy atom. The molecule has 78 valence electrons. The first-order valence-electron chi connectivity index (χ1n) is 5.00. The highest BCUT2D eigenvalue weighted by Crippen LogP contribution is 2.19. The number of cyclic esters (lactones) is 1. The molecule has 1 fully saturated rings. The van der Waals surface area contributed by atoms with Crippen LogP contribution >= 0.6 is 0 Å². The molecule has 3 nitrogen and oxygen atoms in total. The second-order valence-electron chi connectivity index (χ2n) is 3.72. The molecule has 3 heteroatoms. The van der Waals surface area contributed by atoms with Crippen molar-refractivity contribution in [3.63, 3.8) is 0 Å². The lowest BCUT2D eigenvalue weighted by Gasteiger charge is -2.05. The average molecular weight is 204 g/mol. The van der Waals surface area contributed by atoms with Crippen LogP contribution < -0.4 is 0 Å². The van der Waals surface area contributed by atoms with Crippen LogP contribution in [-0.4, -0.2) is 18.9 Å². The van der Waals surface area contributed by atoms with Crippen molar-refractivity contribution in [3.05, 3.63) is 35.4 Å². The molecular formula is C12H12O3. The van der Waals surface area contributed by atoms with Crippen molar-refractivity contribution >= 4 is 12.3 Å². The highest BCUT2D eigenvalue weighted by Gasteiger charge is 2.26. The van der Waals surface area contributed by atoms with Gasteiger partial charge in [-0.25, -0.2) is 0 Å². The van der Waals surface area contributed by atoms with E-state index in [1.807, 2.05) is 12.1 Å². The maximum atomic E-state index is 11.2. The molecule has 1 atom stereocenters. The van der Waals surface area contributed by atoms with Gasteiger partial charge in [-0.2, -0.15) is 0 Å². The first-order chi connectivity index (χ1) is 7.29. The van der Waals surface area contributed by atoms with E-state index < -0.39 is 0 Å². The largest absolute Gasteiger partial charge is 0.465 e. The SMILES string of the molecule is O=Cc1ccc(CC2CCOC2=O)cc1. The number of carbonyl (C=O) groups is 2. The summed E-state index contributed by atoms with van der Waals surface area (Å²) in [7, 11) is 0. The van der Waals surface area contributed by atoms with E-state index in [9.17, 15) is 9.59 Å². The fourth-order valence-electron chi connectivity index (χ4n) is 1.74. The topological polar surface area (TPSA) is 43.4 Å². The first kappa shape index (κ1) is 9.90. The fourth-order valence-corrected chi connectivity index (χ4v) is 1.74. The summed E-state index contributed by atoms with van der Waals surface area (Å²) in [6, 6.07) is 7.30. The summed E-state index contributed by atoms with van der Waals surface area (Å²) in [5.41, 5.74) is 1.73. The van der Waals surface area contributed by atoms with Crippen LogP contribution in [0.2, 0.25) is 0 Å². The van der Waals surface area contributed by atoms with Crippen LogP contribution in [0, 0.1) is 5.92 Å². The first-order valence-corrected chi connectivity index (χ1v) is 5.00. The second-order valence-corrected chi connectivity index (χ2v) is 3.72. The quantitative estimate of drug-likeness (QED) is 0.555. The van der Waals surface area contributed by atoms with Crippen LogP contribution in [-0.2, 0) is 16.0 Å². The van der Waals surface area contributed by atoms with Crippen LogP contribution in [0.25, 0.3) is 0 Å². The van der Waals surface area contributed by atoms with Crippen LogP contribution in [0.5, 0.6) is 0 Å². The number of benzene rings is 1. The lowest BCUT2D eigenvalue weighted by atomic mass is 9.98. The van der Waals surface area contributed by atoms with Gasteiger partial charge in [-0.15, -0.1) is 0 Å². The molecule has 1 unspecified atom stereocenters. The molecule has 0 bridgehead atoms. The Labute approximate surface area is 88.1 Å². The van der Waals surface area contributed by atoms with Gasteiger partial charge >= 0.3 is 5.97 Å². The molecule has 1 heterocycles. The Morgan fingerprint density at radius 1 is 1.33 bits per heavy atom. The van der Waals surface area contributed by atoms with Crippen molar-refractivity contribution in [1.82, 2.24) is 0 Å². The lowest BCUT2D eigenvalue weighted by Crippen LogP contribution is -2.10. The van der Waals surface area contributed by atoms with Crippen LogP contribution in [0.1, 0.15) is 22.3 Å². The number of ether oxygens (including phenoxy) is 1. The minimum Gasteiger partial charge on any atom is -0.465 e. The Hall–Kier alpha value is -1.64. The lowest BCUT2D eigenvalue weighted by molar-refractivity contribution is -0.141. The van der Waals surface area contributed by atoms with E-state index in [-0.39, 0.29) is 11.9 Å². The molecule has 0 saturated carbocycles. The predicted octanol–water partition coefficient (Wildman–Crippen LogP) is 1.60. The van der Waals surface area contributed by atoms with Gasteiger partial charge in [0.1, 0.15) is 6.29 Å².